The summed E-state index contributed by atoms with van der Waals surface area (Å²) in [5, 5.41) is 0.622. The molecule has 0 aliphatic heterocycles. The zero-order chi connectivity index (χ0) is 14.8. The van der Waals surface area contributed by atoms with Gasteiger partial charge in [-0.05, 0) is 36.4 Å². The number of fused-ring (bicyclic) bond motifs is 1. The molecule has 1 heterocycles. The van der Waals surface area contributed by atoms with E-state index in [0.717, 1.165) is 11.0 Å². The number of aryl methyl sites for hydroxylation is 1. The van der Waals surface area contributed by atoms with Crippen LogP contribution in [-0.4, -0.2) is 15.3 Å². The third-order valence-corrected chi connectivity index (χ3v) is 3.66. The molecule has 4 nitrogen and oxygen atoms in total. The predicted octanol–water partition coefficient (Wildman–Crippen LogP) is 3.54. The largest absolute Gasteiger partial charge is 0.369 e. The maximum absolute atomic E-state index is 12.2. The summed E-state index contributed by atoms with van der Waals surface area (Å²) in [5.74, 6) is 0.490. The first-order chi connectivity index (χ1) is 10.1. The van der Waals surface area contributed by atoms with Crippen LogP contribution in [0.1, 0.15) is 16.8 Å². The van der Waals surface area contributed by atoms with Gasteiger partial charge in [0.25, 0.3) is 0 Å². The van der Waals surface area contributed by atoms with Crippen molar-refractivity contribution in [2.45, 2.75) is 13.0 Å². The van der Waals surface area contributed by atoms with Gasteiger partial charge in [-0.15, -0.1) is 0 Å². The molecule has 0 radical (unpaired) electrons. The number of ketones is 1. The van der Waals surface area contributed by atoms with Gasteiger partial charge in [-0.1, -0.05) is 23.7 Å². The number of rotatable bonds is 4. The average Bonchev–Trinajstić information content (AvgIpc) is 2.81. The quantitative estimate of drug-likeness (QED) is 0.750. The van der Waals surface area contributed by atoms with Crippen LogP contribution in [0.5, 0.6) is 0 Å². The van der Waals surface area contributed by atoms with Crippen molar-refractivity contribution in [1.82, 2.24) is 9.55 Å². The molecule has 3 rings (SSSR count). The third kappa shape index (κ3) is 2.76. The molecule has 5 heteroatoms. The van der Waals surface area contributed by atoms with Crippen molar-refractivity contribution < 1.29 is 4.79 Å². The highest BCUT2D eigenvalue weighted by Gasteiger charge is 2.10. The van der Waals surface area contributed by atoms with Gasteiger partial charge >= 0.3 is 0 Å². The van der Waals surface area contributed by atoms with Crippen LogP contribution in [0, 0.1) is 0 Å². The summed E-state index contributed by atoms with van der Waals surface area (Å²) in [6.45, 7) is 0.508. The number of Topliss-reactive ketones (excluding diaryl/α,β-unsaturated/α-hetero) is 1. The SMILES string of the molecule is Nc1nc2ccccc2n1CCC(=O)c1ccc(Cl)cc1. The molecule has 0 amide bonds. The maximum atomic E-state index is 12.2. The topological polar surface area (TPSA) is 60.9 Å². The van der Waals surface area contributed by atoms with E-state index in [0.29, 0.717) is 29.5 Å². The minimum absolute atomic E-state index is 0.0591. The second-order valence-corrected chi connectivity index (χ2v) is 5.23. The van der Waals surface area contributed by atoms with Crippen molar-refractivity contribution >= 4 is 34.4 Å². The molecule has 0 atom stereocenters. The Balaban J connectivity index is 1.79. The summed E-state index contributed by atoms with van der Waals surface area (Å²) in [4.78, 5) is 16.5. The summed E-state index contributed by atoms with van der Waals surface area (Å²) in [7, 11) is 0. The van der Waals surface area contributed by atoms with Gasteiger partial charge < -0.3 is 10.3 Å². The third-order valence-electron chi connectivity index (χ3n) is 3.41. The normalized spacial score (nSPS) is 10.9. The fourth-order valence-corrected chi connectivity index (χ4v) is 2.45. The lowest BCUT2D eigenvalue weighted by Gasteiger charge is -2.06. The first kappa shape index (κ1) is 13.6. The summed E-state index contributed by atoms with van der Waals surface area (Å²) < 4.78 is 1.86. The van der Waals surface area contributed by atoms with Crippen molar-refractivity contribution in [3.8, 4) is 0 Å². The van der Waals surface area contributed by atoms with Crippen LogP contribution in [0.3, 0.4) is 0 Å². The van der Waals surface area contributed by atoms with Gasteiger partial charge in [-0.3, -0.25) is 4.79 Å². The number of carbonyl (C=O) groups is 1. The van der Waals surface area contributed by atoms with Crippen LogP contribution in [0.25, 0.3) is 11.0 Å². The summed E-state index contributed by atoms with van der Waals surface area (Å²) in [6.07, 6.45) is 0.367. The van der Waals surface area contributed by atoms with Crippen LogP contribution in [0.15, 0.2) is 48.5 Å². The van der Waals surface area contributed by atoms with Gasteiger partial charge in [0.2, 0.25) is 5.95 Å². The summed E-state index contributed by atoms with van der Waals surface area (Å²) in [5.41, 5.74) is 8.36. The van der Waals surface area contributed by atoms with E-state index in [1.807, 2.05) is 28.8 Å². The lowest BCUT2D eigenvalue weighted by molar-refractivity contribution is 0.0978. The summed E-state index contributed by atoms with van der Waals surface area (Å²) >= 11 is 5.82. The molecule has 3 aromatic rings. The fourth-order valence-electron chi connectivity index (χ4n) is 2.32. The van der Waals surface area contributed by atoms with E-state index in [2.05, 4.69) is 4.98 Å². The fraction of sp³-hybridized carbons (Fsp3) is 0.125. The van der Waals surface area contributed by atoms with Gasteiger partial charge in [0.15, 0.2) is 5.78 Å². The predicted molar refractivity (Wildman–Crippen MR) is 84.5 cm³/mol. The molecule has 2 N–H and O–H groups in total. The molecule has 1 aromatic heterocycles. The van der Waals surface area contributed by atoms with Crippen LogP contribution in [0.4, 0.5) is 5.95 Å². The lowest BCUT2D eigenvalue weighted by Crippen LogP contribution is -2.08. The number of hydrogen-bond donors (Lipinski definition) is 1. The van der Waals surface area contributed by atoms with E-state index < -0.39 is 0 Å². The Kier molecular flexibility index (Phi) is 3.62. The van der Waals surface area contributed by atoms with E-state index in [1.165, 1.54) is 0 Å². The first-order valence-corrected chi connectivity index (χ1v) is 7.02. The molecule has 0 aliphatic carbocycles. The van der Waals surface area contributed by atoms with Crippen molar-refractivity contribution in [3.05, 3.63) is 59.1 Å². The molecular weight excluding hydrogens is 286 g/mol. The molecule has 0 bridgehead atoms. The van der Waals surface area contributed by atoms with Gasteiger partial charge in [0.1, 0.15) is 0 Å². The Bertz CT molecular complexity index is 793. The molecule has 0 spiro atoms. The van der Waals surface area contributed by atoms with Crippen LogP contribution in [-0.2, 0) is 6.54 Å². The molecule has 21 heavy (non-hydrogen) atoms. The number of halogens is 1. The number of nitrogens with two attached hydrogens (primary N) is 1. The standard InChI is InChI=1S/C16H14ClN3O/c17-12-7-5-11(6-8-12)15(21)9-10-20-14-4-2-1-3-13(14)19-16(20)18/h1-8H,9-10H2,(H2,18,19). The number of nitrogens with zero attached hydrogens (tertiary/aromatic N) is 2. The lowest BCUT2D eigenvalue weighted by atomic mass is 10.1. The van der Waals surface area contributed by atoms with Crippen molar-refractivity contribution in [3.63, 3.8) is 0 Å². The number of hydrogen-bond acceptors (Lipinski definition) is 3. The number of nitrogen functional groups attached to an aromatic ring is 1. The second kappa shape index (κ2) is 5.58. The molecule has 0 saturated heterocycles. The second-order valence-electron chi connectivity index (χ2n) is 4.79. The van der Waals surface area contributed by atoms with Gasteiger partial charge in [0.05, 0.1) is 11.0 Å². The van der Waals surface area contributed by atoms with Crippen LogP contribution < -0.4 is 5.73 Å². The molecule has 0 aliphatic rings. The molecule has 106 valence electrons. The Hall–Kier alpha value is -2.33. The minimum atomic E-state index is 0.0591. The number of anilines is 1. The molecule has 2 aromatic carbocycles. The smallest absolute Gasteiger partial charge is 0.201 e. The van der Waals surface area contributed by atoms with Crippen LogP contribution >= 0.6 is 11.6 Å². The number of para-hydroxylation sites is 2. The zero-order valence-electron chi connectivity index (χ0n) is 11.3. The Labute approximate surface area is 127 Å². The number of imidazole rings is 1. The number of carbonyl (C=O) groups excluding carboxylic acids is 1. The molecule has 0 unspecified atom stereocenters. The van der Waals surface area contributed by atoms with E-state index in [1.54, 1.807) is 24.3 Å². The monoisotopic (exact) mass is 299 g/mol. The molecular formula is C16H14ClN3O. The van der Waals surface area contributed by atoms with E-state index in [-0.39, 0.29) is 5.78 Å². The number of aromatic nitrogens is 2. The molecule has 0 fully saturated rings. The van der Waals surface area contributed by atoms with Crippen molar-refractivity contribution in [1.29, 1.82) is 0 Å². The molecule has 0 saturated carbocycles. The van der Waals surface area contributed by atoms with Gasteiger partial charge in [-0.2, -0.15) is 0 Å². The van der Waals surface area contributed by atoms with Crippen LogP contribution in [0.2, 0.25) is 5.02 Å². The summed E-state index contributed by atoms with van der Waals surface area (Å²) in [6, 6.07) is 14.6. The van der Waals surface area contributed by atoms with E-state index in [4.69, 9.17) is 17.3 Å². The maximum Gasteiger partial charge on any atom is 0.201 e. The zero-order valence-corrected chi connectivity index (χ0v) is 12.0. The first-order valence-electron chi connectivity index (χ1n) is 6.64. The van der Waals surface area contributed by atoms with E-state index in [9.17, 15) is 4.79 Å². The van der Waals surface area contributed by atoms with Gasteiger partial charge in [-0.25, -0.2) is 4.98 Å². The average molecular weight is 300 g/mol. The van der Waals surface area contributed by atoms with Crippen molar-refractivity contribution in [2.24, 2.45) is 0 Å². The Morgan fingerprint density at radius 2 is 1.86 bits per heavy atom. The highest BCUT2D eigenvalue weighted by molar-refractivity contribution is 6.30. The van der Waals surface area contributed by atoms with E-state index >= 15 is 0 Å². The highest BCUT2D eigenvalue weighted by atomic mass is 35.5. The van der Waals surface area contributed by atoms with Gasteiger partial charge in [0, 0.05) is 23.6 Å². The minimum Gasteiger partial charge on any atom is -0.369 e. The highest BCUT2D eigenvalue weighted by Crippen LogP contribution is 2.18. The van der Waals surface area contributed by atoms with Crippen molar-refractivity contribution in [2.75, 3.05) is 5.73 Å². The number of benzene rings is 2. The Morgan fingerprint density at radius 3 is 2.62 bits per heavy atom. The Morgan fingerprint density at radius 1 is 1.14 bits per heavy atom.